The van der Waals surface area contributed by atoms with Gasteiger partial charge in [-0.1, -0.05) is 32.1 Å². The first kappa shape index (κ1) is 20.7. The molecule has 0 unspecified atom stereocenters. The van der Waals surface area contributed by atoms with Crippen molar-refractivity contribution in [2.45, 2.75) is 58.2 Å². The van der Waals surface area contributed by atoms with Crippen molar-refractivity contribution in [2.24, 2.45) is 10.8 Å². The van der Waals surface area contributed by atoms with E-state index in [4.69, 9.17) is 4.74 Å². The molecule has 4 rings (SSSR count). The number of nitrogens with one attached hydrogen (secondary N) is 2. The zero-order chi connectivity index (χ0) is 20.6. The molecular weight excluding hydrogens is 434 g/mol. The number of carbonyl (C=O) groups is 2. The summed E-state index contributed by atoms with van der Waals surface area (Å²) in [6.07, 6.45) is 6.69. The molecule has 1 saturated carbocycles. The maximum absolute atomic E-state index is 13.0. The highest BCUT2D eigenvalue weighted by Gasteiger charge is 2.61. The number of Topliss-reactive ketones (excluding diaryl/α,β-unsaturated/α-hetero) is 1. The molecule has 0 aromatic carbocycles. The van der Waals surface area contributed by atoms with Crippen LogP contribution < -0.4 is 10.6 Å². The van der Waals surface area contributed by atoms with Crippen LogP contribution in [-0.4, -0.2) is 41.9 Å². The average Bonchev–Trinajstić information content (AvgIpc) is 3.23. The smallest absolute Gasteiger partial charge is 0.225 e. The van der Waals surface area contributed by atoms with Crippen molar-refractivity contribution in [1.82, 2.24) is 15.6 Å². The molecule has 2 N–H and O–H groups in total. The number of halogens is 1. The van der Waals surface area contributed by atoms with E-state index in [1.165, 1.54) is 0 Å². The molecule has 1 aromatic heterocycles. The van der Waals surface area contributed by atoms with Gasteiger partial charge in [0, 0.05) is 23.4 Å². The Bertz CT molecular complexity index is 854. The van der Waals surface area contributed by atoms with E-state index in [2.05, 4.69) is 31.5 Å². The maximum atomic E-state index is 13.0. The van der Waals surface area contributed by atoms with Gasteiger partial charge in [-0.3, -0.25) is 9.59 Å². The van der Waals surface area contributed by atoms with Crippen LogP contribution in [0.4, 0.5) is 0 Å². The molecule has 3 atom stereocenters. The Hall–Kier alpha value is -1.57. The van der Waals surface area contributed by atoms with Crippen molar-refractivity contribution in [3.05, 3.63) is 40.1 Å². The van der Waals surface area contributed by atoms with E-state index in [0.29, 0.717) is 32.2 Å². The van der Waals surface area contributed by atoms with Gasteiger partial charge in [0.2, 0.25) is 5.91 Å². The molecule has 1 spiro atoms. The quantitative estimate of drug-likeness (QED) is 0.458. The maximum Gasteiger partial charge on any atom is 0.225 e. The highest BCUT2D eigenvalue weighted by atomic mass is 79.9. The van der Waals surface area contributed by atoms with Gasteiger partial charge in [-0.25, -0.2) is 4.98 Å². The van der Waals surface area contributed by atoms with Gasteiger partial charge in [-0.05, 0) is 46.8 Å². The predicted molar refractivity (Wildman–Crippen MR) is 113 cm³/mol. The topological polar surface area (TPSA) is 80.3 Å². The van der Waals surface area contributed by atoms with Crippen molar-refractivity contribution < 1.29 is 14.3 Å². The molecule has 1 aliphatic carbocycles. The third kappa shape index (κ3) is 4.47. The summed E-state index contributed by atoms with van der Waals surface area (Å²) < 4.78 is 6.49. The third-order valence-corrected chi connectivity index (χ3v) is 6.89. The van der Waals surface area contributed by atoms with Gasteiger partial charge < -0.3 is 15.4 Å². The number of hydrogen-bond donors (Lipinski definition) is 2. The SMILES string of the molecule is CC1(C)CC=CCOCc2ccc(Br)nc2CC(=O)[C@@H]2C[C@@]3(CNC1=O)C[C@H]3N2. The summed E-state index contributed by atoms with van der Waals surface area (Å²) in [6, 6.07) is 3.98. The van der Waals surface area contributed by atoms with Crippen LogP contribution in [0.2, 0.25) is 0 Å². The number of ketones is 1. The summed E-state index contributed by atoms with van der Waals surface area (Å²) in [7, 11) is 0. The van der Waals surface area contributed by atoms with E-state index in [0.717, 1.165) is 28.7 Å². The standard InChI is InChI=1S/C22H28BrN3O3/c1-21(2)7-3-4-8-29-12-14-5-6-19(23)26-15(14)9-17(27)16-10-22(11-18(22)25-16)13-24-20(21)28/h3-6,16,18,25H,7-13H2,1-2H3,(H,24,28)/t16-,18+,22-/m0/s1. The number of nitrogens with zero attached hydrogens (tertiary/aromatic N) is 1. The lowest BCUT2D eigenvalue weighted by Gasteiger charge is -2.24. The fourth-order valence-electron chi connectivity index (χ4n) is 4.34. The number of amides is 1. The lowest BCUT2D eigenvalue weighted by Crippen LogP contribution is -2.40. The Labute approximate surface area is 180 Å². The predicted octanol–water partition coefficient (Wildman–Crippen LogP) is 2.70. The molecule has 2 fully saturated rings. The molecule has 3 heterocycles. The Morgan fingerprint density at radius 1 is 1.21 bits per heavy atom. The highest BCUT2D eigenvalue weighted by Crippen LogP contribution is 2.54. The van der Waals surface area contributed by atoms with Crippen LogP contribution in [0.25, 0.3) is 0 Å². The molecule has 156 valence electrons. The first-order chi connectivity index (χ1) is 13.8. The van der Waals surface area contributed by atoms with Crippen LogP contribution >= 0.6 is 15.9 Å². The summed E-state index contributed by atoms with van der Waals surface area (Å²) in [5.41, 5.74) is 1.25. The zero-order valence-electron chi connectivity index (χ0n) is 17.0. The normalized spacial score (nSPS) is 32.1. The summed E-state index contributed by atoms with van der Waals surface area (Å²) in [5, 5.41) is 6.61. The number of ether oxygens (including phenoxy) is 1. The number of rotatable bonds is 0. The van der Waals surface area contributed by atoms with Gasteiger partial charge in [-0.15, -0.1) is 0 Å². The Morgan fingerprint density at radius 2 is 2.03 bits per heavy atom. The lowest BCUT2D eigenvalue weighted by molar-refractivity contribution is -0.129. The molecule has 6 nitrogen and oxygen atoms in total. The van der Waals surface area contributed by atoms with E-state index in [1.54, 1.807) is 0 Å². The molecule has 29 heavy (non-hydrogen) atoms. The molecular formula is C22H28BrN3O3. The number of pyridine rings is 1. The van der Waals surface area contributed by atoms with Crippen LogP contribution in [0.1, 0.15) is 44.4 Å². The van der Waals surface area contributed by atoms with Crippen molar-refractivity contribution >= 4 is 27.6 Å². The fourth-order valence-corrected chi connectivity index (χ4v) is 4.69. The summed E-state index contributed by atoms with van der Waals surface area (Å²) in [6.45, 7) is 5.41. The first-order valence-corrected chi connectivity index (χ1v) is 11.0. The minimum Gasteiger partial charge on any atom is -0.373 e. The summed E-state index contributed by atoms with van der Waals surface area (Å²) in [4.78, 5) is 30.2. The van der Waals surface area contributed by atoms with Crippen LogP contribution in [-0.2, 0) is 27.4 Å². The van der Waals surface area contributed by atoms with Crippen LogP contribution in [0, 0.1) is 10.8 Å². The Kier molecular flexibility index (Phi) is 5.66. The number of hydrogen-bond acceptors (Lipinski definition) is 5. The number of piperidine rings is 1. The van der Waals surface area contributed by atoms with E-state index in [1.807, 2.05) is 38.1 Å². The monoisotopic (exact) mass is 461 g/mol. The molecule has 0 radical (unpaired) electrons. The highest BCUT2D eigenvalue weighted by molar-refractivity contribution is 9.10. The van der Waals surface area contributed by atoms with E-state index >= 15 is 0 Å². The second-order valence-corrected chi connectivity index (χ2v) is 10.00. The molecule has 3 aliphatic rings. The Balaban J connectivity index is 1.55. The third-order valence-electron chi connectivity index (χ3n) is 6.45. The summed E-state index contributed by atoms with van der Waals surface area (Å²) in [5.74, 6) is 0.211. The van der Waals surface area contributed by atoms with Gasteiger partial charge in [0.05, 0.1) is 31.4 Å². The van der Waals surface area contributed by atoms with Gasteiger partial charge >= 0.3 is 0 Å². The van der Waals surface area contributed by atoms with Crippen molar-refractivity contribution in [3.63, 3.8) is 0 Å². The van der Waals surface area contributed by atoms with Crippen LogP contribution in [0.5, 0.6) is 0 Å². The molecule has 1 aromatic rings. The second-order valence-electron chi connectivity index (χ2n) is 9.18. The van der Waals surface area contributed by atoms with E-state index < -0.39 is 5.41 Å². The van der Waals surface area contributed by atoms with Crippen LogP contribution in [0.15, 0.2) is 28.9 Å². The van der Waals surface area contributed by atoms with Crippen molar-refractivity contribution in [2.75, 3.05) is 13.2 Å². The zero-order valence-corrected chi connectivity index (χ0v) is 18.5. The van der Waals surface area contributed by atoms with E-state index in [-0.39, 0.29) is 29.6 Å². The lowest BCUT2D eigenvalue weighted by atomic mass is 9.87. The summed E-state index contributed by atoms with van der Waals surface area (Å²) >= 11 is 3.41. The largest absolute Gasteiger partial charge is 0.373 e. The molecule has 1 saturated heterocycles. The fraction of sp³-hybridized carbons (Fsp3) is 0.591. The van der Waals surface area contributed by atoms with Crippen molar-refractivity contribution in [1.29, 1.82) is 0 Å². The molecule has 7 heteroatoms. The van der Waals surface area contributed by atoms with Gasteiger partial charge in [-0.2, -0.15) is 0 Å². The Morgan fingerprint density at radius 3 is 2.86 bits per heavy atom. The molecule has 2 bridgehead atoms. The first-order valence-electron chi connectivity index (χ1n) is 10.2. The minimum atomic E-state index is -0.477. The molecule has 1 amide bonds. The number of allylic oxidation sites excluding steroid dienone is 1. The number of carbonyl (C=O) groups excluding carboxylic acids is 2. The molecule has 2 aliphatic heterocycles. The van der Waals surface area contributed by atoms with Gasteiger partial charge in [0.15, 0.2) is 5.78 Å². The second kappa shape index (κ2) is 7.93. The van der Waals surface area contributed by atoms with E-state index in [9.17, 15) is 9.59 Å². The number of aromatic nitrogens is 1. The van der Waals surface area contributed by atoms with Gasteiger partial charge in [0.25, 0.3) is 0 Å². The van der Waals surface area contributed by atoms with Gasteiger partial charge in [0.1, 0.15) is 4.60 Å². The average molecular weight is 462 g/mol. The van der Waals surface area contributed by atoms with Crippen LogP contribution in [0.3, 0.4) is 0 Å². The van der Waals surface area contributed by atoms with Crippen molar-refractivity contribution in [3.8, 4) is 0 Å². The number of fused-ring (bicyclic) bond motifs is 2. The minimum absolute atomic E-state index is 0.0203.